The van der Waals surface area contributed by atoms with Gasteiger partial charge in [-0.1, -0.05) is 27.2 Å². The maximum Gasteiger partial charge on any atom is 0.000953 e. The molecule has 2 atom stereocenters. The first-order valence-electron chi connectivity index (χ1n) is 7.40. The van der Waals surface area contributed by atoms with Gasteiger partial charge in [-0.2, -0.15) is 0 Å². The molecule has 2 nitrogen and oxygen atoms in total. The molecule has 0 amide bonds. The van der Waals surface area contributed by atoms with Crippen LogP contribution in [0.2, 0.25) is 0 Å². The van der Waals surface area contributed by atoms with E-state index in [4.69, 9.17) is 0 Å². The molecule has 0 N–H and O–H groups in total. The van der Waals surface area contributed by atoms with Gasteiger partial charge in [-0.25, -0.2) is 0 Å². The zero-order valence-corrected chi connectivity index (χ0v) is 12.6. The summed E-state index contributed by atoms with van der Waals surface area (Å²) in [5, 5.41) is 0. The van der Waals surface area contributed by atoms with Gasteiger partial charge in [0, 0.05) is 13.1 Å². The molecule has 2 fully saturated rings. The normalized spacial score (nSPS) is 30.7. The predicted molar refractivity (Wildman–Crippen MR) is 76.3 cm³/mol. The first kappa shape index (κ1) is 15.0. The standard InChI is InChI=1S/C8H17N.C7H15N/c1-7(2)8-4-5-9(3)6-8;1-3-7-4-5-8(2)6-7/h7-8H,4-6H2,1-3H3;7H,3-6H2,1-2H3/t;7-/m.1/s1. The molecule has 0 aliphatic carbocycles. The highest BCUT2D eigenvalue weighted by molar-refractivity contribution is 4.74. The Bertz CT molecular complexity index is 203. The van der Waals surface area contributed by atoms with Crippen LogP contribution in [0.1, 0.15) is 40.0 Å². The molecule has 0 saturated carbocycles. The van der Waals surface area contributed by atoms with Crippen molar-refractivity contribution in [1.82, 2.24) is 9.80 Å². The van der Waals surface area contributed by atoms with Crippen molar-refractivity contribution in [1.29, 1.82) is 0 Å². The fraction of sp³-hybridized carbons (Fsp3) is 1.00. The smallest absolute Gasteiger partial charge is 0.000953 e. The molecule has 0 aromatic carbocycles. The lowest BCUT2D eigenvalue weighted by atomic mass is 9.95. The van der Waals surface area contributed by atoms with Crippen LogP contribution in [-0.2, 0) is 0 Å². The van der Waals surface area contributed by atoms with E-state index in [0.29, 0.717) is 0 Å². The van der Waals surface area contributed by atoms with Gasteiger partial charge in [-0.3, -0.25) is 0 Å². The Morgan fingerprint density at radius 3 is 1.82 bits per heavy atom. The maximum atomic E-state index is 2.42. The molecule has 0 aromatic heterocycles. The quantitative estimate of drug-likeness (QED) is 0.732. The Labute approximate surface area is 108 Å². The van der Waals surface area contributed by atoms with Crippen LogP contribution in [0.5, 0.6) is 0 Å². The zero-order valence-electron chi connectivity index (χ0n) is 12.6. The number of nitrogens with zero attached hydrogens (tertiary/aromatic N) is 2. The summed E-state index contributed by atoms with van der Waals surface area (Å²) < 4.78 is 0. The van der Waals surface area contributed by atoms with Gasteiger partial charge in [-0.05, 0) is 57.8 Å². The van der Waals surface area contributed by atoms with Gasteiger partial charge in [0.05, 0.1) is 0 Å². The first-order valence-corrected chi connectivity index (χ1v) is 7.40. The summed E-state index contributed by atoms with van der Waals surface area (Å²) in [5.74, 6) is 2.85. The van der Waals surface area contributed by atoms with Crippen molar-refractivity contribution in [2.24, 2.45) is 17.8 Å². The van der Waals surface area contributed by atoms with Crippen LogP contribution in [0.25, 0.3) is 0 Å². The highest BCUT2D eigenvalue weighted by Gasteiger charge is 2.21. The van der Waals surface area contributed by atoms with Crippen LogP contribution in [0.4, 0.5) is 0 Å². The summed E-state index contributed by atoms with van der Waals surface area (Å²) in [6.07, 6.45) is 4.20. The molecule has 0 bridgehead atoms. The van der Waals surface area contributed by atoms with E-state index in [1.165, 1.54) is 45.4 Å². The van der Waals surface area contributed by atoms with Crippen LogP contribution >= 0.6 is 0 Å². The van der Waals surface area contributed by atoms with Crippen molar-refractivity contribution in [2.45, 2.75) is 40.0 Å². The van der Waals surface area contributed by atoms with Gasteiger partial charge >= 0.3 is 0 Å². The highest BCUT2D eigenvalue weighted by Crippen LogP contribution is 2.21. The van der Waals surface area contributed by atoms with E-state index in [2.05, 4.69) is 44.7 Å². The second kappa shape index (κ2) is 7.38. The van der Waals surface area contributed by atoms with Gasteiger partial charge in [-0.15, -0.1) is 0 Å². The monoisotopic (exact) mass is 240 g/mol. The average Bonchev–Trinajstić information content (AvgIpc) is 2.88. The van der Waals surface area contributed by atoms with Crippen molar-refractivity contribution in [3.63, 3.8) is 0 Å². The van der Waals surface area contributed by atoms with Gasteiger partial charge in [0.2, 0.25) is 0 Å². The minimum absolute atomic E-state index is 0.884. The van der Waals surface area contributed by atoms with E-state index >= 15 is 0 Å². The molecule has 1 unspecified atom stereocenters. The van der Waals surface area contributed by atoms with Crippen LogP contribution < -0.4 is 0 Å². The summed E-state index contributed by atoms with van der Waals surface area (Å²) in [6.45, 7) is 12.2. The molecule has 2 heteroatoms. The van der Waals surface area contributed by atoms with Gasteiger partial charge in [0.1, 0.15) is 0 Å². The third-order valence-electron chi connectivity index (χ3n) is 4.44. The van der Waals surface area contributed by atoms with Crippen molar-refractivity contribution >= 4 is 0 Å². The molecule has 2 saturated heterocycles. The lowest BCUT2D eigenvalue weighted by Gasteiger charge is -2.13. The Morgan fingerprint density at radius 2 is 1.59 bits per heavy atom. The van der Waals surface area contributed by atoms with Crippen molar-refractivity contribution in [2.75, 3.05) is 40.3 Å². The van der Waals surface area contributed by atoms with Gasteiger partial charge < -0.3 is 9.80 Å². The molecule has 102 valence electrons. The number of likely N-dealkylation sites (tertiary alicyclic amines) is 2. The molecule has 0 spiro atoms. The third kappa shape index (κ3) is 5.39. The summed E-state index contributed by atoms with van der Waals surface area (Å²) in [4.78, 5) is 4.83. The SMILES string of the molecule is CC(C)C1CCN(C)C1.CC[C@@H]1CCN(C)C1. The van der Waals surface area contributed by atoms with Crippen molar-refractivity contribution < 1.29 is 0 Å². The van der Waals surface area contributed by atoms with E-state index in [0.717, 1.165) is 17.8 Å². The van der Waals surface area contributed by atoms with E-state index < -0.39 is 0 Å². The number of rotatable bonds is 2. The van der Waals surface area contributed by atoms with E-state index in [1.54, 1.807) is 0 Å². The number of hydrogen-bond acceptors (Lipinski definition) is 2. The molecule has 17 heavy (non-hydrogen) atoms. The molecule has 0 aromatic rings. The molecule has 2 rings (SSSR count). The van der Waals surface area contributed by atoms with E-state index in [-0.39, 0.29) is 0 Å². The summed E-state index contributed by atoms with van der Waals surface area (Å²) in [5.41, 5.74) is 0. The summed E-state index contributed by atoms with van der Waals surface area (Å²) in [7, 11) is 4.41. The Kier molecular flexibility index (Phi) is 6.50. The lowest BCUT2D eigenvalue weighted by molar-refractivity contribution is 0.352. The Hall–Kier alpha value is -0.0800. The van der Waals surface area contributed by atoms with Crippen LogP contribution in [0.15, 0.2) is 0 Å². The topological polar surface area (TPSA) is 6.48 Å². The van der Waals surface area contributed by atoms with Crippen LogP contribution in [-0.4, -0.2) is 50.1 Å². The fourth-order valence-electron chi connectivity index (χ4n) is 2.87. The van der Waals surface area contributed by atoms with Gasteiger partial charge in [0.15, 0.2) is 0 Å². The van der Waals surface area contributed by atoms with Gasteiger partial charge in [0.25, 0.3) is 0 Å². The second-order valence-corrected chi connectivity index (χ2v) is 6.38. The van der Waals surface area contributed by atoms with E-state index in [1.807, 2.05) is 0 Å². The maximum absolute atomic E-state index is 2.42. The fourth-order valence-corrected chi connectivity index (χ4v) is 2.87. The third-order valence-corrected chi connectivity index (χ3v) is 4.44. The first-order chi connectivity index (χ1) is 8.02. The molecular weight excluding hydrogens is 208 g/mol. The molecule has 0 radical (unpaired) electrons. The molecule has 2 aliphatic rings. The highest BCUT2D eigenvalue weighted by atomic mass is 15.1. The number of hydrogen-bond donors (Lipinski definition) is 0. The lowest BCUT2D eigenvalue weighted by Crippen LogP contribution is -2.16. The van der Waals surface area contributed by atoms with E-state index in [9.17, 15) is 0 Å². The van der Waals surface area contributed by atoms with Crippen molar-refractivity contribution in [3.8, 4) is 0 Å². The molecule has 2 heterocycles. The minimum Gasteiger partial charge on any atom is -0.306 e. The Morgan fingerprint density at radius 1 is 1.00 bits per heavy atom. The predicted octanol–water partition coefficient (Wildman–Crippen LogP) is 2.94. The van der Waals surface area contributed by atoms with Crippen molar-refractivity contribution in [3.05, 3.63) is 0 Å². The Balaban J connectivity index is 0.000000171. The zero-order chi connectivity index (χ0) is 12.8. The average molecular weight is 240 g/mol. The second-order valence-electron chi connectivity index (χ2n) is 6.38. The minimum atomic E-state index is 0.884. The largest absolute Gasteiger partial charge is 0.306 e. The van der Waals surface area contributed by atoms with Crippen LogP contribution in [0, 0.1) is 17.8 Å². The summed E-state index contributed by atoms with van der Waals surface area (Å²) >= 11 is 0. The molecule has 2 aliphatic heterocycles. The summed E-state index contributed by atoms with van der Waals surface area (Å²) in [6, 6.07) is 0. The van der Waals surface area contributed by atoms with Crippen LogP contribution in [0.3, 0.4) is 0 Å². The molecular formula is C15H32N2.